The molecule has 0 aliphatic rings. The third-order valence-corrected chi connectivity index (χ3v) is 3.82. The van der Waals surface area contributed by atoms with E-state index in [1.54, 1.807) is 37.3 Å². The lowest BCUT2D eigenvalue weighted by atomic mass is 9.88. The van der Waals surface area contributed by atoms with Gasteiger partial charge in [0.15, 0.2) is 0 Å². The zero-order chi connectivity index (χ0) is 15.9. The summed E-state index contributed by atoms with van der Waals surface area (Å²) >= 11 is 0. The molecule has 21 heavy (non-hydrogen) atoms. The highest BCUT2D eigenvalue weighted by Crippen LogP contribution is 2.18. The minimum absolute atomic E-state index is 0.103. The number of nitrogens with one attached hydrogen (secondary N) is 1. The van der Waals surface area contributed by atoms with Crippen molar-refractivity contribution in [1.82, 2.24) is 5.32 Å². The van der Waals surface area contributed by atoms with E-state index in [4.69, 9.17) is 0 Å². The molecule has 4 heteroatoms. The lowest BCUT2D eigenvalue weighted by Crippen LogP contribution is -2.44. The summed E-state index contributed by atoms with van der Waals surface area (Å²) in [7, 11) is 0. The Kier molecular flexibility index (Phi) is 6.56. The van der Waals surface area contributed by atoms with Gasteiger partial charge >= 0.3 is 0 Å². The smallest absolute Gasteiger partial charge is 0.223 e. The van der Waals surface area contributed by atoms with Crippen LogP contribution in [0.3, 0.4) is 0 Å². The van der Waals surface area contributed by atoms with E-state index in [0.717, 1.165) is 6.42 Å². The predicted molar refractivity (Wildman–Crippen MR) is 83.1 cm³/mol. The summed E-state index contributed by atoms with van der Waals surface area (Å²) in [6.07, 6.45) is 4.20. The zero-order valence-corrected chi connectivity index (χ0v) is 12.9. The Bertz CT molecular complexity index is 497. The first-order valence-corrected chi connectivity index (χ1v) is 7.27. The molecule has 0 saturated carbocycles. The number of carbonyl (C=O) groups excluding carboxylic acids is 1. The zero-order valence-electron chi connectivity index (χ0n) is 12.9. The van der Waals surface area contributed by atoms with Gasteiger partial charge in [-0.3, -0.25) is 4.79 Å². The maximum atomic E-state index is 13.4. The highest BCUT2D eigenvalue weighted by molar-refractivity contribution is 5.78. The number of hydrogen-bond acceptors (Lipinski definition) is 2. The molecule has 0 aromatic heterocycles. The van der Waals surface area contributed by atoms with E-state index >= 15 is 0 Å². The molecule has 116 valence electrons. The normalized spacial score (nSPS) is 15.7. The van der Waals surface area contributed by atoms with Gasteiger partial charge in [-0.2, -0.15) is 0 Å². The van der Waals surface area contributed by atoms with Crippen molar-refractivity contribution in [3.8, 4) is 0 Å². The number of aliphatic hydroxyl groups is 1. The summed E-state index contributed by atoms with van der Waals surface area (Å²) in [5.74, 6) is -0.396. The standard InChI is InChI=1S/C17H24FNO2/c1-4-13(2)17(3,21)12-19-16(20)11-7-9-14-8-5-6-10-15(14)18/h5-10,13,21H,4,11-12H2,1-3H3,(H,19,20). The van der Waals surface area contributed by atoms with Crippen molar-refractivity contribution in [2.24, 2.45) is 5.92 Å². The van der Waals surface area contributed by atoms with Crippen LogP contribution in [0.2, 0.25) is 0 Å². The molecule has 2 atom stereocenters. The number of rotatable bonds is 7. The van der Waals surface area contributed by atoms with Crippen LogP contribution in [0.15, 0.2) is 30.3 Å². The van der Waals surface area contributed by atoms with E-state index in [1.165, 1.54) is 6.07 Å². The van der Waals surface area contributed by atoms with Crippen LogP contribution in [0.4, 0.5) is 4.39 Å². The van der Waals surface area contributed by atoms with Gasteiger partial charge in [-0.15, -0.1) is 0 Å². The van der Waals surface area contributed by atoms with Crippen molar-refractivity contribution in [2.75, 3.05) is 6.54 Å². The van der Waals surface area contributed by atoms with Crippen LogP contribution in [-0.2, 0) is 4.79 Å². The lowest BCUT2D eigenvalue weighted by Gasteiger charge is -2.29. The molecule has 0 heterocycles. The van der Waals surface area contributed by atoms with E-state index in [9.17, 15) is 14.3 Å². The molecular weight excluding hydrogens is 269 g/mol. The number of carbonyl (C=O) groups is 1. The quantitative estimate of drug-likeness (QED) is 0.811. The predicted octanol–water partition coefficient (Wildman–Crippen LogP) is 3.14. The van der Waals surface area contributed by atoms with Crippen LogP contribution in [0.5, 0.6) is 0 Å². The molecule has 1 amide bonds. The summed E-state index contributed by atoms with van der Waals surface area (Å²) in [5.41, 5.74) is -0.462. The van der Waals surface area contributed by atoms with E-state index < -0.39 is 5.60 Å². The maximum absolute atomic E-state index is 13.4. The third kappa shape index (κ3) is 5.68. The molecule has 0 spiro atoms. The van der Waals surface area contributed by atoms with Crippen molar-refractivity contribution >= 4 is 12.0 Å². The van der Waals surface area contributed by atoms with Crippen molar-refractivity contribution in [3.05, 3.63) is 41.7 Å². The van der Waals surface area contributed by atoms with Crippen molar-refractivity contribution in [2.45, 2.75) is 39.2 Å². The second kappa shape index (κ2) is 7.93. The molecule has 0 aliphatic heterocycles. The summed E-state index contributed by atoms with van der Waals surface area (Å²) in [4.78, 5) is 11.7. The molecule has 0 aliphatic carbocycles. The van der Waals surface area contributed by atoms with Crippen molar-refractivity contribution in [1.29, 1.82) is 0 Å². The molecule has 0 fully saturated rings. The second-order valence-corrected chi connectivity index (χ2v) is 5.57. The van der Waals surface area contributed by atoms with E-state index in [0.29, 0.717) is 5.56 Å². The van der Waals surface area contributed by atoms with Gasteiger partial charge in [0.05, 0.1) is 5.60 Å². The Hall–Kier alpha value is -1.68. The fourth-order valence-electron chi connectivity index (χ4n) is 1.87. The molecule has 1 rings (SSSR count). The Morgan fingerprint density at radius 2 is 2.14 bits per heavy atom. The van der Waals surface area contributed by atoms with Crippen LogP contribution in [0.25, 0.3) is 6.08 Å². The molecular formula is C17H24FNO2. The van der Waals surface area contributed by atoms with E-state index in [2.05, 4.69) is 5.32 Å². The number of benzene rings is 1. The molecule has 2 unspecified atom stereocenters. The van der Waals surface area contributed by atoms with Gasteiger partial charge < -0.3 is 10.4 Å². The fourth-order valence-corrected chi connectivity index (χ4v) is 1.87. The average molecular weight is 293 g/mol. The monoisotopic (exact) mass is 293 g/mol. The average Bonchev–Trinajstić information content (AvgIpc) is 2.46. The first-order chi connectivity index (χ1) is 9.86. The summed E-state index contributed by atoms with van der Waals surface area (Å²) in [5, 5.41) is 12.9. The number of halogens is 1. The topological polar surface area (TPSA) is 49.3 Å². The maximum Gasteiger partial charge on any atom is 0.223 e. The Morgan fingerprint density at radius 3 is 2.76 bits per heavy atom. The Balaban J connectivity index is 2.43. The number of hydrogen-bond donors (Lipinski definition) is 2. The fraction of sp³-hybridized carbons (Fsp3) is 0.471. The van der Waals surface area contributed by atoms with Gasteiger partial charge in [0.25, 0.3) is 0 Å². The van der Waals surface area contributed by atoms with Crippen molar-refractivity contribution < 1.29 is 14.3 Å². The van der Waals surface area contributed by atoms with E-state index in [1.807, 2.05) is 13.8 Å². The van der Waals surface area contributed by atoms with Gasteiger partial charge in [0.2, 0.25) is 5.91 Å². The minimum Gasteiger partial charge on any atom is -0.388 e. The molecule has 1 aromatic rings. The van der Waals surface area contributed by atoms with Crippen LogP contribution < -0.4 is 5.32 Å². The van der Waals surface area contributed by atoms with Gasteiger partial charge in [-0.25, -0.2) is 4.39 Å². The minimum atomic E-state index is -0.917. The molecule has 3 nitrogen and oxygen atoms in total. The summed E-state index contributed by atoms with van der Waals surface area (Å²) in [6.45, 7) is 5.88. The van der Waals surface area contributed by atoms with Crippen LogP contribution >= 0.6 is 0 Å². The first kappa shape index (κ1) is 17.4. The molecule has 0 saturated heterocycles. The summed E-state index contributed by atoms with van der Waals surface area (Å²) in [6, 6.07) is 6.39. The molecule has 2 N–H and O–H groups in total. The van der Waals surface area contributed by atoms with Crippen molar-refractivity contribution in [3.63, 3.8) is 0 Å². The molecule has 0 radical (unpaired) electrons. The van der Waals surface area contributed by atoms with Gasteiger partial charge in [-0.05, 0) is 18.9 Å². The van der Waals surface area contributed by atoms with Gasteiger partial charge in [0.1, 0.15) is 5.82 Å². The SMILES string of the molecule is CCC(C)C(C)(O)CNC(=O)CC=Cc1ccccc1F. The highest BCUT2D eigenvalue weighted by atomic mass is 19.1. The first-order valence-electron chi connectivity index (χ1n) is 7.27. The number of amides is 1. The van der Waals surface area contributed by atoms with E-state index in [-0.39, 0.29) is 30.6 Å². The van der Waals surface area contributed by atoms with Crippen LogP contribution in [0.1, 0.15) is 39.2 Å². The third-order valence-electron chi connectivity index (χ3n) is 3.82. The highest BCUT2D eigenvalue weighted by Gasteiger charge is 2.27. The molecule has 1 aromatic carbocycles. The van der Waals surface area contributed by atoms with Crippen LogP contribution in [-0.4, -0.2) is 23.2 Å². The second-order valence-electron chi connectivity index (χ2n) is 5.57. The van der Waals surface area contributed by atoms with Gasteiger partial charge in [0, 0.05) is 18.5 Å². The summed E-state index contributed by atoms with van der Waals surface area (Å²) < 4.78 is 13.4. The Labute approximate surface area is 125 Å². The van der Waals surface area contributed by atoms with Crippen LogP contribution in [0, 0.1) is 11.7 Å². The lowest BCUT2D eigenvalue weighted by molar-refractivity contribution is -0.121. The van der Waals surface area contributed by atoms with Gasteiger partial charge in [-0.1, -0.05) is 50.6 Å². The largest absolute Gasteiger partial charge is 0.388 e. The molecule has 0 bridgehead atoms. The Morgan fingerprint density at radius 1 is 1.48 bits per heavy atom.